The second-order valence-electron chi connectivity index (χ2n) is 4.90. The first kappa shape index (κ1) is 12.1. The van der Waals surface area contributed by atoms with Crippen LogP contribution in [0.25, 0.3) is 11.0 Å². The van der Waals surface area contributed by atoms with Crippen LogP contribution in [0.3, 0.4) is 0 Å². The molecule has 1 aromatic heterocycles. The van der Waals surface area contributed by atoms with Gasteiger partial charge in [-0.15, -0.1) is 0 Å². The van der Waals surface area contributed by atoms with E-state index in [2.05, 4.69) is 54.0 Å². The van der Waals surface area contributed by atoms with E-state index in [1.54, 1.807) is 0 Å². The Morgan fingerprint density at radius 3 is 2.82 bits per heavy atom. The third-order valence-corrected chi connectivity index (χ3v) is 3.14. The predicted molar refractivity (Wildman–Crippen MR) is 72.3 cm³/mol. The number of aryl methyl sites for hydroxylation is 2. The lowest BCUT2D eigenvalue weighted by atomic mass is 10.1. The normalized spacial score (nSPS) is 11.6. The molecule has 0 radical (unpaired) electrons. The topological polar surface area (TPSA) is 29.9 Å². The van der Waals surface area contributed by atoms with Crippen LogP contribution in [0.5, 0.6) is 0 Å². The summed E-state index contributed by atoms with van der Waals surface area (Å²) in [5.41, 5.74) is 3.67. The van der Waals surface area contributed by atoms with Gasteiger partial charge in [-0.2, -0.15) is 0 Å². The second kappa shape index (κ2) is 4.88. The lowest BCUT2D eigenvalue weighted by Gasteiger charge is -2.07. The Balaban J connectivity index is 2.15. The van der Waals surface area contributed by atoms with Gasteiger partial charge < -0.3 is 9.88 Å². The molecular weight excluding hydrogens is 210 g/mol. The van der Waals surface area contributed by atoms with Gasteiger partial charge in [0.1, 0.15) is 5.82 Å². The molecule has 17 heavy (non-hydrogen) atoms. The molecule has 0 saturated carbocycles. The van der Waals surface area contributed by atoms with Gasteiger partial charge in [0.2, 0.25) is 0 Å². The van der Waals surface area contributed by atoms with Crippen molar-refractivity contribution in [1.82, 2.24) is 14.9 Å². The Labute approximate surface area is 103 Å². The van der Waals surface area contributed by atoms with Crippen molar-refractivity contribution in [1.29, 1.82) is 0 Å². The molecule has 1 N–H and O–H groups in total. The lowest BCUT2D eigenvalue weighted by molar-refractivity contribution is 0.590. The van der Waals surface area contributed by atoms with Gasteiger partial charge in [0, 0.05) is 13.1 Å². The summed E-state index contributed by atoms with van der Waals surface area (Å²) in [4.78, 5) is 4.56. The molecule has 0 spiro atoms. The molecule has 3 nitrogen and oxygen atoms in total. The van der Waals surface area contributed by atoms with E-state index in [9.17, 15) is 0 Å². The van der Waals surface area contributed by atoms with Crippen LogP contribution in [0.1, 0.15) is 25.2 Å². The Morgan fingerprint density at radius 1 is 1.35 bits per heavy atom. The van der Waals surface area contributed by atoms with Crippen molar-refractivity contribution >= 4 is 11.0 Å². The number of hydrogen-bond donors (Lipinski definition) is 1. The van der Waals surface area contributed by atoms with E-state index in [-0.39, 0.29) is 0 Å². The van der Waals surface area contributed by atoms with Gasteiger partial charge in [0.05, 0.1) is 11.0 Å². The van der Waals surface area contributed by atoms with Gasteiger partial charge in [-0.3, -0.25) is 0 Å². The van der Waals surface area contributed by atoms with Gasteiger partial charge in [-0.25, -0.2) is 4.98 Å². The number of nitrogens with one attached hydrogen (secondary N) is 1. The minimum atomic E-state index is 0.552. The summed E-state index contributed by atoms with van der Waals surface area (Å²) in [7, 11) is 2.06. The maximum absolute atomic E-state index is 4.56. The maximum atomic E-state index is 4.56. The van der Waals surface area contributed by atoms with Crippen molar-refractivity contribution < 1.29 is 0 Å². The molecule has 0 aliphatic carbocycles. The third kappa shape index (κ3) is 2.67. The number of aromatic nitrogens is 2. The Morgan fingerprint density at radius 2 is 2.12 bits per heavy atom. The molecule has 0 atom stereocenters. The SMILES string of the molecule is Cc1nc2cc(CCNC(C)C)ccc2n1C. The van der Waals surface area contributed by atoms with Gasteiger partial charge >= 0.3 is 0 Å². The Hall–Kier alpha value is -1.35. The first-order valence-corrected chi connectivity index (χ1v) is 6.23. The third-order valence-electron chi connectivity index (χ3n) is 3.14. The smallest absolute Gasteiger partial charge is 0.106 e. The summed E-state index contributed by atoms with van der Waals surface area (Å²) in [6.45, 7) is 7.41. The minimum absolute atomic E-state index is 0.552. The van der Waals surface area contributed by atoms with E-state index in [4.69, 9.17) is 0 Å². The highest BCUT2D eigenvalue weighted by Crippen LogP contribution is 2.16. The lowest BCUT2D eigenvalue weighted by Crippen LogP contribution is -2.24. The quantitative estimate of drug-likeness (QED) is 0.875. The van der Waals surface area contributed by atoms with E-state index >= 15 is 0 Å². The van der Waals surface area contributed by atoms with Gasteiger partial charge in [-0.1, -0.05) is 19.9 Å². The van der Waals surface area contributed by atoms with Crippen molar-refractivity contribution in [3.05, 3.63) is 29.6 Å². The first-order valence-electron chi connectivity index (χ1n) is 6.23. The monoisotopic (exact) mass is 231 g/mol. The summed E-state index contributed by atoms with van der Waals surface area (Å²) in [6, 6.07) is 7.12. The molecule has 2 aromatic rings. The molecule has 2 rings (SSSR count). The van der Waals surface area contributed by atoms with Crippen molar-refractivity contribution in [3.63, 3.8) is 0 Å². The molecule has 92 valence electrons. The summed E-state index contributed by atoms with van der Waals surface area (Å²) in [6.07, 6.45) is 1.06. The number of imidazole rings is 1. The standard InChI is InChI=1S/C14H21N3/c1-10(2)15-8-7-12-5-6-14-13(9-12)16-11(3)17(14)4/h5-6,9-10,15H,7-8H2,1-4H3. The van der Waals surface area contributed by atoms with E-state index < -0.39 is 0 Å². The molecule has 3 heteroatoms. The number of nitrogens with zero attached hydrogens (tertiary/aromatic N) is 2. The van der Waals surface area contributed by atoms with Crippen molar-refractivity contribution in [2.45, 2.75) is 33.2 Å². The Kier molecular flexibility index (Phi) is 3.48. The Bertz CT molecular complexity index is 511. The zero-order chi connectivity index (χ0) is 12.4. The highest BCUT2D eigenvalue weighted by molar-refractivity contribution is 5.76. The van der Waals surface area contributed by atoms with E-state index in [0.717, 1.165) is 24.3 Å². The predicted octanol–water partition coefficient (Wildman–Crippen LogP) is 2.42. The number of fused-ring (bicyclic) bond motifs is 1. The van der Waals surface area contributed by atoms with Crippen LogP contribution in [0.15, 0.2) is 18.2 Å². The summed E-state index contributed by atoms with van der Waals surface area (Å²) in [5.74, 6) is 1.07. The average molecular weight is 231 g/mol. The molecule has 0 fully saturated rings. The number of rotatable bonds is 4. The van der Waals surface area contributed by atoms with E-state index in [1.807, 2.05) is 6.92 Å². The fraction of sp³-hybridized carbons (Fsp3) is 0.500. The molecule has 0 saturated heterocycles. The maximum Gasteiger partial charge on any atom is 0.106 e. The van der Waals surface area contributed by atoms with Crippen molar-refractivity contribution in [2.75, 3.05) is 6.54 Å². The van der Waals surface area contributed by atoms with E-state index in [1.165, 1.54) is 11.1 Å². The van der Waals surface area contributed by atoms with Crippen LogP contribution in [0.4, 0.5) is 0 Å². The zero-order valence-corrected chi connectivity index (χ0v) is 11.1. The largest absolute Gasteiger partial charge is 0.331 e. The van der Waals surface area contributed by atoms with Gasteiger partial charge in [0.15, 0.2) is 0 Å². The molecular formula is C14H21N3. The van der Waals surface area contributed by atoms with Crippen LogP contribution in [-0.4, -0.2) is 22.1 Å². The van der Waals surface area contributed by atoms with Crippen LogP contribution in [-0.2, 0) is 13.5 Å². The highest BCUT2D eigenvalue weighted by Gasteiger charge is 2.04. The fourth-order valence-corrected chi connectivity index (χ4v) is 2.03. The van der Waals surface area contributed by atoms with Crippen molar-refractivity contribution in [2.24, 2.45) is 7.05 Å². The van der Waals surface area contributed by atoms with Gasteiger partial charge in [-0.05, 0) is 37.6 Å². The summed E-state index contributed by atoms with van der Waals surface area (Å²) >= 11 is 0. The van der Waals surface area contributed by atoms with E-state index in [0.29, 0.717) is 6.04 Å². The zero-order valence-electron chi connectivity index (χ0n) is 11.1. The van der Waals surface area contributed by atoms with Crippen LogP contribution >= 0.6 is 0 Å². The van der Waals surface area contributed by atoms with Crippen LogP contribution in [0, 0.1) is 6.92 Å². The van der Waals surface area contributed by atoms with Gasteiger partial charge in [0.25, 0.3) is 0 Å². The number of hydrogen-bond acceptors (Lipinski definition) is 2. The van der Waals surface area contributed by atoms with Crippen LogP contribution < -0.4 is 5.32 Å². The highest BCUT2D eigenvalue weighted by atomic mass is 15.0. The van der Waals surface area contributed by atoms with Crippen molar-refractivity contribution in [3.8, 4) is 0 Å². The molecule has 1 aromatic carbocycles. The second-order valence-corrected chi connectivity index (χ2v) is 4.90. The number of benzene rings is 1. The first-order chi connectivity index (χ1) is 8.08. The molecule has 0 aliphatic heterocycles. The summed E-state index contributed by atoms with van der Waals surface area (Å²) in [5, 5.41) is 3.43. The molecule has 0 amide bonds. The molecule has 0 aliphatic rings. The molecule has 0 unspecified atom stereocenters. The molecule has 1 heterocycles. The molecule has 0 bridgehead atoms. The average Bonchev–Trinajstić information content (AvgIpc) is 2.54. The van der Waals surface area contributed by atoms with Crippen LogP contribution in [0.2, 0.25) is 0 Å². The summed E-state index contributed by atoms with van der Waals surface area (Å²) < 4.78 is 2.13. The minimum Gasteiger partial charge on any atom is -0.331 e. The fourth-order valence-electron chi connectivity index (χ4n) is 2.03.